The molecule has 0 radical (unpaired) electrons. The molecule has 0 aromatic heterocycles. The molecule has 0 amide bonds. The minimum Gasteiger partial charge on any atom is -0.483 e. The molecule has 12 heteroatoms. The van der Waals surface area contributed by atoms with E-state index >= 15 is 4.79 Å². The third-order valence-electron chi connectivity index (χ3n) is 18.4. The molecule has 11 fully saturated rings. The van der Waals surface area contributed by atoms with Crippen molar-refractivity contribution in [3.8, 4) is 0 Å². The van der Waals surface area contributed by atoms with Gasteiger partial charge in [-0.15, -0.1) is 0 Å². The first-order chi connectivity index (χ1) is 25.1. The van der Waals surface area contributed by atoms with Crippen LogP contribution in [0.3, 0.4) is 0 Å². The topological polar surface area (TPSA) is 200 Å². The number of hydrogen-bond donors (Lipinski definition) is 6. The Kier molecular flexibility index (Phi) is 6.05. The Morgan fingerprint density at radius 1 is 0.667 bits per heavy atom. The van der Waals surface area contributed by atoms with Crippen LogP contribution in [0.15, 0.2) is 35.6 Å². The molecular formula is C42H52O12. The van der Waals surface area contributed by atoms with Gasteiger partial charge in [0.25, 0.3) is 0 Å². The number of aliphatic hydroxyl groups is 6. The SMILES string of the molecule is C=C1C(=O)[C@]23[C@H](O)[C@H]1CC[C@H]2[C@@]12CO[C@@]3(O)[C@@H](O)[C@@H]1C(C)(C)C[C@]1(CCC3=C(O1)[C@]14CO[C@@](O)([C@@H](O)[C@@H]1C(C)(C)C3)[C@]13C(=O)C(=C)[C@H](CC[C@@H]41)[C@H]3O)C2=O. The van der Waals surface area contributed by atoms with Crippen LogP contribution in [0.5, 0.6) is 0 Å². The summed E-state index contributed by atoms with van der Waals surface area (Å²) < 4.78 is 20.0. The van der Waals surface area contributed by atoms with Crippen LogP contribution >= 0.6 is 0 Å². The maximum absolute atomic E-state index is 16.0. The zero-order valence-corrected chi connectivity index (χ0v) is 31.4. The number of hydrogen-bond acceptors (Lipinski definition) is 12. The van der Waals surface area contributed by atoms with Crippen molar-refractivity contribution in [3.63, 3.8) is 0 Å². The molecule has 5 spiro atoms. The number of ketones is 3. The molecular weight excluding hydrogens is 696 g/mol. The molecule has 5 aliphatic heterocycles. The van der Waals surface area contributed by atoms with Gasteiger partial charge in [-0.05, 0) is 90.8 Å². The minimum absolute atomic E-state index is 0.0940. The van der Waals surface area contributed by atoms with Crippen LogP contribution < -0.4 is 0 Å². The maximum Gasteiger partial charge on any atom is 0.208 e. The molecule has 8 aliphatic carbocycles. The van der Waals surface area contributed by atoms with Crippen LogP contribution in [-0.2, 0) is 28.6 Å². The van der Waals surface area contributed by atoms with Crippen LogP contribution in [0.2, 0.25) is 0 Å². The summed E-state index contributed by atoms with van der Waals surface area (Å²) >= 11 is 0. The third kappa shape index (κ3) is 2.96. The predicted molar refractivity (Wildman–Crippen MR) is 185 cm³/mol. The van der Waals surface area contributed by atoms with Gasteiger partial charge < -0.3 is 44.8 Å². The largest absolute Gasteiger partial charge is 0.483 e. The average Bonchev–Trinajstić information content (AvgIpc) is 3.26. The van der Waals surface area contributed by atoms with Gasteiger partial charge in [-0.25, -0.2) is 0 Å². The molecule has 0 aromatic rings. The van der Waals surface area contributed by atoms with Crippen molar-refractivity contribution in [2.24, 2.45) is 68.0 Å². The molecule has 17 atom stereocenters. The lowest BCUT2D eigenvalue weighted by atomic mass is 9.34. The third-order valence-corrected chi connectivity index (χ3v) is 18.4. The first kappa shape index (κ1) is 34.9. The number of rotatable bonds is 0. The van der Waals surface area contributed by atoms with Crippen molar-refractivity contribution >= 4 is 17.3 Å². The molecule has 0 unspecified atom stereocenters. The Hall–Kier alpha value is -2.29. The van der Waals surface area contributed by atoms with E-state index in [2.05, 4.69) is 13.2 Å². The highest BCUT2D eigenvalue weighted by Gasteiger charge is 2.91. The van der Waals surface area contributed by atoms with Gasteiger partial charge in [-0.3, -0.25) is 14.4 Å². The first-order valence-electron chi connectivity index (χ1n) is 20.0. The zero-order chi connectivity index (χ0) is 38.5. The monoisotopic (exact) mass is 748 g/mol. The second kappa shape index (κ2) is 9.36. The van der Waals surface area contributed by atoms with Gasteiger partial charge in [0, 0.05) is 23.7 Å². The number of allylic oxidation sites excluding steroid dienone is 1. The molecule has 4 saturated heterocycles. The van der Waals surface area contributed by atoms with Crippen LogP contribution in [0.4, 0.5) is 0 Å². The molecule has 0 aromatic carbocycles. The summed E-state index contributed by atoms with van der Waals surface area (Å²) in [5.74, 6) is -10.00. The Labute approximate surface area is 313 Å². The van der Waals surface area contributed by atoms with E-state index < -0.39 is 121 Å². The minimum atomic E-state index is -2.43. The lowest BCUT2D eigenvalue weighted by molar-refractivity contribution is -0.447. The molecule has 7 saturated carbocycles. The van der Waals surface area contributed by atoms with E-state index in [9.17, 15) is 40.2 Å². The van der Waals surface area contributed by atoms with Crippen molar-refractivity contribution in [2.75, 3.05) is 13.2 Å². The fraction of sp³-hybridized carbons (Fsp3) is 0.786. The van der Waals surface area contributed by atoms with Crippen molar-refractivity contribution in [2.45, 2.75) is 121 Å². The van der Waals surface area contributed by atoms with Crippen molar-refractivity contribution in [3.05, 3.63) is 35.6 Å². The number of carbonyl (C=O) groups is 3. The lowest BCUT2D eigenvalue weighted by Crippen LogP contribution is -2.87. The molecule has 6 N–H and O–H groups in total. The first-order valence-corrected chi connectivity index (χ1v) is 20.0. The molecule has 12 nitrogen and oxygen atoms in total. The van der Waals surface area contributed by atoms with E-state index in [4.69, 9.17) is 14.2 Å². The highest BCUT2D eigenvalue weighted by atomic mass is 16.7. The molecule has 13 aliphatic rings. The number of carbonyl (C=O) groups excluding carboxylic acids is 3. The van der Waals surface area contributed by atoms with Crippen LogP contribution in [0.25, 0.3) is 0 Å². The van der Waals surface area contributed by atoms with E-state index in [1.807, 2.05) is 27.7 Å². The van der Waals surface area contributed by atoms with Gasteiger partial charge in [0.15, 0.2) is 23.0 Å². The van der Waals surface area contributed by atoms with Crippen LogP contribution in [0.1, 0.15) is 79.1 Å². The standard InChI is InChI=1S/C42H52O12/c1-17-20-7-9-22-37-15-52-41(50,39(22,26(17)43)28(20)45)30(47)24(37)34(3,4)13-19-11-12-36(54-32(19)37)14-35(5,6)25-31(48)42(51)40-23(38(25,16-53-42)33(36)49)10-8-21(29(40)46)18(2)27(40)44/h20-25,28-31,45-48,50-51H,1-2,7-16H2,3-6H3/t20-,21-,22-,23-,24+,25+,28+,29+,30-,31-,36+,37-,38-,39-,40-,41-,42-/m0/s1. The Bertz CT molecular complexity index is 1970. The van der Waals surface area contributed by atoms with E-state index in [0.717, 1.165) is 5.57 Å². The molecule has 54 heavy (non-hydrogen) atoms. The molecule has 8 bridgehead atoms. The fourth-order valence-electron chi connectivity index (χ4n) is 17.1. The predicted octanol–water partition coefficient (Wildman–Crippen LogP) is 1.64. The summed E-state index contributed by atoms with van der Waals surface area (Å²) in [5.41, 5.74) is -8.24. The molecule has 5 heterocycles. The molecule has 13 rings (SSSR count). The van der Waals surface area contributed by atoms with Gasteiger partial charge in [0.2, 0.25) is 11.6 Å². The van der Waals surface area contributed by atoms with Crippen LogP contribution in [-0.4, -0.2) is 103 Å². The van der Waals surface area contributed by atoms with E-state index in [1.165, 1.54) is 0 Å². The normalized spacial score (nSPS) is 59.5. The Morgan fingerprint density at radius 2 is 1.15 bits per heavy atom. The van der Waals surface area contributed by atoms with E-state index in [0.29, 0.717) is 44.3 Å². The van der Waals surface area contributed by atoms with E-state index in [-0.39, 0.29) is 43.0 Å². The summed E-state index contributed by atoms with van der Waals surface area (Å²) in [6.07, 6.45) is -2.98. The summed E-state index contributed by atoms with van der Waals surface area (Å²) in [7, 11) is 0. The fourth-order valence-corrected chi connectivity index (χ4v) is 17.1. The average molecular weight is 749 g/mol. The molecule has 292 valence electrons. The number of ether oxygens (including phenoxy) is 3. The smallest absolute Gasteiger partial charge is 0.208 e. The number of aliphatic hydroxyl groups excluding tert-OH is 4. The van der Waals surface area contributed by atoms with Crippen molar-refractivity contribution in [1.29, 1.82) is 0 Å². The summed E-state index contributed by atoms with van der Waals surface area (Å²) in [6, 6.07) is 0. The summed E-state index contributed by atoms with van der Waals surface area (Å²) in [6.45, 7) is 15.7. The van der Waals surface area contributed by atoms with E-state index in [1.54, 1.807) is 0 Å². The second-order valence-corrected chi connectivity index (χ2v) is 20.9. The summed E-state index contributed by atoms with van der Waals surface area (Å²) in [5, 5.41) is 73.5. The highest BCUT2D eigenvalue weighted by Crippen LogP contribution is 2.81. The lowest BCUT2D eigenvalue weighted by Gasteiger charge is -2.76. The number of Topliss-reactive ketones (excluding diaryl/α,β-unsaturated/α-hetero) is 3. The van der Waals surface area contributed by atoms with Crippen molar-refractivity contribution < 1.29 is 59.2 Å². The van der Waals surface area contributed by atoms with Gasteiger partial charge >= 0.3 is 0 Å². The van der Waals surface area contributed by atoms with Crippen LogP contribution in [0, 0.1) is 68.0 Å². The Balaban J connectivity index is 1.10. The van der Waals surface area contributed by atoms with Gasteiger partial charge in [0.05, 0.1) is 36.3 Å². The summed E-state index contributed by atoms with van der Waals surface area (Å²) in [4.78, 5) is 44.9. The van der Waals surface area contributed by atoms with Gasteiger partial charge in [-0.1, -0.05) is 40.9 Å². The highest BCUT2D eigenvalue weighted by molar-refractivity contribution is 6.07. The number of fused-ring (bicyclic) bond motifs is 4. The van der Waals surface area contributed by atoms with Crippen molar-refractivity contribution in [1.82, 2.24) is 0 Å². The second-order valence-electron chi connectivity index (χ2n) is 20.9. The van der Waals surface area contributed by atoms with Gasteiger partial charge in [-0.2, -0.15) is 0 Å². The Morgan fingerprint density at radius 3 is 1.69 bits per heavy atom. The zero-order valence-electron chi connectivity index (χ0n) is 31.4. The quantitative estimate of drug-likeness (QED) is 0.196. The maximum atomic E-state index is 16.0. The van der Waals surface area contributed by atoms with Gasteiger partial charge in [0.1, 0.15) is 28.8 Å².